The van der Waals surface area contributed by atoms with Crippen molar-refractivity contribution < 1.29 is 13.2 Å². The van der Waals surface area contributed by atoms with Crippen molar-refractivity contribution >= 4 is 21.7 Å². The van der Waals surface area contributed by atoms with Crippen molar-refractivity contribution in [3.63, 3.8) is 0 Å². The van der Waals surface area contributed by atoms with E-state index in [1.165, 1.54) is 19.3 Å². The molecule has 2 aliphatic rings. The van der Waals surface area contributed by atoms with Crippen molar-refractivity contribution in [2.45, 2.75) is 57.0 Å². The fourth-order valence-corrected chi connectivity index (χ4v) is 4.66. The van der Waals surface area contributed by atoms with Crippen LogP contribution in [0.25, 0.3) is 0 Å². The van der Waals surface area contributed by atoms with E-state index in [0.29, 0.717) is 25.0 Å². The molecule has 1 heterocycles. The lowest BCUT2D eigenvalue weighted by Gasteiger charge is -2.23. The number of hydrogen-bond acceptors (Lipinski definition) is 4. The fourth-order valence-electron chi connectivity index (χ4n) is 2.99. The van der Waals surface area contributed by atoms with E-state index >= 15 is 0 Å². The van der Waals surface area contributed by atoms with E-state index in [1.807, 2.05) is 0 Å². The van der Waals surface area contributed by atoms with Crippen LogP contribution in [0.5, 0.6) is 0 Å². The molecule has 2 rings (SSSR count). The predicted octanol–water partition coefficient (Wildman–Crippen LogP) is -0.0832. The summed E-state index contributed by atoms with van der Waals surface area (Å²) in [6.07, 6.45) is 6.69. The number of nitrogens with zero attached hydrogens (tertiary/aromatic N) is 1. The number of aliphatic imine (C=N–C) groups is 1. The lowest BCUT2D eigenvalue weighted by molar-refractivity contribution is -0.121. The van der Waals surface area contributed by atoms with Gasteiger partial charge in [-0.05, 0) is 19.3 Å². The van der Waals surface area contributed by atoms with E-state index in [0.717, 1.165) is 12.8 Å². The maximum absolute atomic E-state index is 11.7. The van der Waals surface area contributed by atoms with Crippen LogP contribution in [-0.2, 0) is 14.6 Å². The van der Waals surface area contributed by atoms with Crippen LogP contribution in [0.15, 0.2) is 4.99 Å². The number of hydrogen-bond donors (Lipinski definition) is 3. The Morgan fingerprint density at radius 3 is 2.45 bits per heavy atom. The standard InChI is InChI=1S/C14H26N4O3S/c15-14(18-11-4-2-1-3-5-11)16-8-6-13(19)17-12-7-9-22(20,21)10-12/h11-12H,1-10H2,(H,17,19)(H3,15,16,18). The Bertz CT molecular complexity index is 512. The highest BCUT2D eigenvalue weighted by Gasteiger charge is 2.28. The van der Waals surface area contributed by atoms with Crippen LogP contribution < -0.4 is 16.4 Å². The Morgan fingerprint density at radius 1 is 1.09 bits per heavy atom. The van der Waals surface area contributed by atoms with Gasteiger partial charge in [-0.2, -0.15) is 0 Å². The van der Waals surface area contributed by atoms with Crippen LogP contribution in [0.4, 0.5) is 0 Å². The minimum absolute atomic E-state index is 0.0490. The van der Waals surface area contributed by atoms with E-state index < -0.39 is 9.84 Å². The summed E-state index contributed by atoms with van der Waals surface area (Å²) in [6.45, 7) is 0.316. The molecule has 0 aromatic rings. The van der Waals surface area contributed by atoms with Gasteiger partial charge in [-0.3, -0.25) is 9.79 Å². The minimum atomic E-state index is -2.96. The first kappa shape index (κ1) is 17.1. The van der Waals surface area contributed by atoms with E-state index in [9.17, 15) is 13.2 Å². The van der Waals surface area contributed by atoms with Gasteiger partial charge in [0.05, 0.1) is 18.1 Å². The van der Waals surface area contributed by atoms with Crippen LogP contribution in [-0.4, -0.2) is 50.4 Å². The van der Waals surface area contributed by atoms with E-state index in [4.69, 9.17) is 5.73 Å². The molecule has 1 atom stereocenters. The first-order chi connectivity index (χ1) is 10.4. The van der Waals surface area contributed by atoms with Crippen LogP contribution in [0.2, 0.25) is 0 Å². The van der Waals surface area contributed by atoms with Crippen molar-refractivity contribution in [2.75, 3.05) is 18.1 Å². The highest BCUT2D eigenvalue weighted by atomic mass is 32.2. The Morgan fingerprint density at radius 2 is 1.82 bits per heavy atom. The molecule has 0 aromatic carbocycles. The molecule has 1 saturated heterocycles. The van der Waals surface area contributed by atoms with Gasteiger partial charge in [0.15, 0.2) is 15.8 Å². The number of sulfone groups is 1. The van der Waals surface area contributed by atoms with Crippen molar-refractivity contribution in [1.29, 1.82) is 0 Å². The minimum Gasteiger partial charge on any atom is -0.370 e. The third-order valence-electron chi connectivity index (χ3n) is 4.18. The summed E-state index contributed by atoms with van der Waals surface area (Å²) >= 11 is 0. The molecule has 126 valence electrons. The molecule has 1 aliphatic heterocycles. The van der Waals surface area contributed by atoms with E-state index in [2.05, 4.69) is 15.6 Å². The van der Waals surface area contributed by atoms with Gasteiger partial charge in [0.2, 0.25) is 5.91 Å². The molecule has 1 aliphatic carbocycles. The molecule has 1 unspecified atom stereocenters. The summed E-state index contributed by atoms with van der Waals surface area (Å²) in [5.41, 5.74) is 5.82. The zero-order valence-electron chi connectivity index (χ0n) is 12.9. The molecule has 8 heteroatoms. The van der Waals surface area contributed by atoms with Crippen molar-refractivity contribution in [3.05, 3.63) is 0 Å². The molecule has 0 radical (unpaired) electrons. The monoisotopic (exact) mass is 330 g/mol. The molecule has 2 fully saturated rings. The second-order valence-corrected chi connectivity index (χ2v) is 8.39. The van der Waals surface area contributed by atoms with Crippen LogP contribution in [0, 0.1) is 0 Å². The first-order valence-corrected chi connectivity index (χ1v) is 9.83. The molecule has 7 nitrogen and oxygen atoms in total. The SMILES string of the molecule is NC(=NCCC(=O)NC1CCS(=O)(=O)C1)NC1CCCCC1. The van der Waals surface area contributed by atoms with Gasteiger partial charge in [0, 0.05) is 18.5 Å². The van der Waals surface area contributed by atoms with Crippen LogP contribution in [0.1, 0.15) is 44.9 Å². The van der Waals surface area contributed by atoms with Gasteiger partial charge in [-0.25, -0.2) is 8.42 Å². The lowest BCUT2D eigenvalue weighted by atomic mass is 9.96. The van der Waals surface area contributed by atoms with Gasteiger partial charge in [-0.15, -0.1) is 0 Å². The number of carbonyl (C=O) groups excluding carboxylic acids is 1. The van der Waals surface area contributed by atoms with Crippen LogP contribution >= 0.6 is 0 Å². The predicted molar refractivity (Wildman–Crippen MR) is 86.3 cm³/mol. The highest BCUT2D eigenvalue weighted by molar-refractivity contribution is 7.91. The third kappa shape index (κ3) is 5.82. The number of rotatable bonds is 5. The molecular weight excluding hydrogens is 304 g/mol. The Balaban J connectivity index is 1.64. The van der Waals surface area contributed by atoms with Gasteiger partial charge < -0.3 is 16.4 Å². The van der Waals surface area contributed by atoms with Crippen molar-refractivity contribution in [3.8, 4) is 0 Å². The normalized spacial score (nSPS) is 25.8. The number of carbonyl (C=O) groups is 1. The van der Waals surface area contributed by atoms with Crippen molar-refractivity contribution in [2.24, 2.45) is 10.7 Å². The average Bonchev–Trinajstić information content (AvgIpc) is 2.79. The van der Waals surface area contributed by atoms with Gasteiger partial charge in [0.25, 0.3) is 0 Å². The molecule has 1 saturated carbocycles. The molecule has 1 amide bonds. The Kier molecular flexibility index (Phi) is 6.05. The van der Waals surface area contributed by atoms with Gasteiger partial charge in [0.1, 0.15) is 0 Å². The molecule has 22 heavy (non-hydrogen) atoms. The fraction of sp³-hybridized carbons (Fsp3) is 0.857. The maximum atomic E-state index is 11.7. The van der Waals surface area contributed by atoms with E-state index in [-0.39, 0.29) is 29.9 Å². The second kappa shape index (κ2) is 7.80. The van der Waals surface area contributed by atoms with Crippen molar-refractivity contribution in [1.82, 2.24) is 10.6 Å². The quantitative estimate of drug-likeness (QED) is 0.482. The molecular formula is C14H26N4O3S. The smallest absolute Gasteiger partial charge is 0.222 e. The number of guanidine groups is 1. The maximum Gasteiger partial charge on any atom is 0.222 e. The van der Waals surface area contributed by atoms with Gasteiger partial charge >= 0.3 is 0 Å². The third-order valence-corrected chi connectivity index (χ3v) is 5.94. The zero-order valence-corrected chi connectivity index (χ0v) is 13.7. The van der Waals surface area contributed by atoms with Gasteiger partial charge in [-0.1, -0.05) is 19.3 Å². The Labute approximate surface area is 132 Å². The van der Waals surface area contributed by atoms with Crippen LogP contribution in [0.3, 0.4) is 0 Å². The summed E-state index contributed by atoms with van der Waals surface area (Å²) in [6, 6.07) is 0.147. The molecule has 0 bridgehead atoms. The summed E-state index contributed by atoms with van der Waals surface area (Å²) < 4.78 is 22.6. The molecule has 4 N–H and O–H groups in total. The highest BCUT2D eigenvalue weighted by Crippen LogP contribution is 2.17. The Hall–Kier alpha value is -1.31. The summed E-state index contributed by atoms with van der Waals surface area (Å²) in [5.74, 6) is 0.432. The number of nitrogens with two attached hydrogens (primary N) is 1. The lowest BCUT2D eigenvalue weighted by Crippen LogP contribution is -2.41. The summed E-state index contributed by atoms with van der Waals surface area (Å²) in [7, 11) is -2.96. The summed E-state index contributed by atoms with van der Waals surface area (Å²) in [5, 5.41) is 5.93. The first-order valence-electron chi connectivity index (χ1n) is 8.01. The topological polar surface area (TPSA) is 114 Å². The number of nitrogens with one attached hydrogen (secondary N) is 2. The summed E-state index contributed by atoms with van der Waals surface area (Å²) in [4.78, 5) is 15.9. The second-order valence-electron chi connectivity index (χ2n) is 6.16. The largest absolute Gasteiger partial charge is 0.370 e. The molecule has 0 spiro atoms. The molecule has 0 aromatic heterocycles. The van der Waals surface area contributed by atoms with E-state index in [1.54, 1.807) is 0 Å². The number of amides is 1. The zero-order chi connectivity index (χ0) is 16.0. The average molecular weight is 330 g/mol.